The Bertz CT molecular complexity index is 417. The third-order valence-corrected chi connectivity index (χ3v) is 3.91. The van der Waals surface area contributed by atoms with Gasteiger partial charge in [-0.2, -0.15) is 0 Å². The van der Waals surface area contributed by atoms with Gasteiger partial charge in [-0.1, -0.05) is 26.2 Å². The topological polar surface area (TPSA) is 55.3 Å². The van der Waals surface area contributed by atoms with Gasteiger partial charge in [-0.25, -0.2) is 9.97 Å². The molecule has 116 valence electrons. The van der Waals surface area contributed by atoms with Gasteiger partial charge < -0.3 is 9.64 Å². The van der Waals surface area contributed by atoms with Gasteiger partial charge in [0.05, 0.1) is 12.5 Å². The molecule has 0 radical (unpaired) electrons. The molecule has 1 aliphatic rings. The minimum atomic E-state index is -0.0277. The lowest BCUT2D eigenvalue weighted by atomic mass is 9.97. The van der Waals surface area contributed by atoms with E-state index in [0.29, 0.717) is 6.61 Å². The molecule has 1 aromatic rings. The average molecular weight is 291 g/mol. The molecule has 0 aromatic carbocycles. The van der Waals surface area contributed by atoms with Crippen LogP contribution in [-0.2, 0) is 9.53 Å². The normalized spacial score (nSPS) is 16.0. The highest BCUT2D eigenvalue weighted by atomic mass is 16.5. The standard InChI is InChI=1S/C16H25N3O2/c1-2-3-4-5-13-21-15(20)14-7-11-19(12-8-14)16-17-9-6-10-18-16/h6,9-10,14H,2-5,7-8,11-13H2,1H3. The number of aromatic nitrogens is 2. The largest absolute Gasteiger partial charge is 0.465 e. The summed E-state index contributed by atoms with van der Waals surface area (Å²) in [5.41, 5.74) is 0. The zero-order chi connectivity index (χ0) is 14.9. The quantitative estimate of drug-likeness (QED) is 0.571. The average Bonchev–Trinajstić information content (AvgIpc) is 2.55. The van der Waals surface area contributed by atoms with Crippen LogP contribution in [0.2, 0.25) is 0 Å². The predicted octanol–water partition coefficient (Wildman–Crippen LogP) is 2.82. The number of nitrogens with zero attached hydrogens (tertiary/aromatic N) is 3. The van der Waals surface area contributed by atoms with Crippen LogP contribution in [0.15, 0.2) is 18.5 Å². The molecule has 0 atom stereocenters. The highest BCUT2D eigenvalue weighted by molar-refractivity contribution is 5.72. The van der Waals surface area contributed by atoms with Gasteiger partial charge in [0.1, 0.15) is 0 Å². The van der Waals surface area contributed by atoms with Crippen LogP contribution in [0.5, 0.6) is 0 Å². The first-order valence-corrected chi connectivity index (χ1v) is 8.00. The number of anilines is 1. The minimum Gasteiger partial charge on any atom is -0.465 e. The Kier molecular flexibility index (Phi) is 6.44. The second-order valence-corrected chi connectivity index (χ2v) is 5.54. The fourth-order valence-corrected chi connectivity index (χ4v) is 2.59. The molecular formula is C16H25N3O2. The van der Waals surface area contributed by atoms with Gasteiger partial charge in [0.15, 0.2) is 0 Å². The van der Waals surface area contributed by atoms with E-state index in [1.54, 1.807) is 12.4 Å². The molecule has 0 saturated carbocycles. The molecular weight excluding hydrogens is 266 g/mol. The Morgan fingerprint density at radius 1 is 1.24 bits per heavy atom. The molecule has 21 heavy (non-hydrogen) atoms. The van der Waals surface area contributed by atoms with Crippen molar-refractivity contribution in [1.29, 1.82) is 0 Å². The maximum atomic E-state index is 12.0. The molecule has 2 heterocycles. The number of rotatable bonds is 7. The second-order valence-electron chi connectivity index (χ2n) is 5.54. The molecule has 1 saturated heterocycles. The molecule has 1 aromatic heterocycles. The Balaban J connectivity index is 1.67. The van der Waals surface area contributed by atoms with E-state index < -0.39 is 0 Å². The first-order valence-electron chi connectivity index (χ1n) is 8.00. The number of unbranched alkanes of at least 4 members (excludes halogenated alkanes) is 3. The van der Waals surface area contributed by atoms with Gasteiger partial charge in [-0.05, 0) is 25.3 Å². The summed E-state index contributed by atoms with van der Waals surface area (Å²) < 4.78 is 5.38. The van der Waals surface area contributed by atoms with Crippen LogP contribution < -0.4 is 4.90 Å². The van der Waals surface area contributed by atoms with Crippen LogP contribution in [0.1, 0.15) is 45.4 Å². The van der Waals surface area contributed by atoms with Crippen molar-refractivity contribution in [3.05, 3.63) is 18.5 Å². The zero-order valence-corrected chi connectivity index (χ0v) is 12.8. The Morgan fingerprint density at radius 2 is 1.95 bits per heavy atom. The predicted molar refractivity (Wildman–Crippen MR) is 82.1 cm³/mol. The molecule has 5 nitrogen and oxygen atoms in total. The summed E-state index contributed by atoms with van der Waals surface area (Å²) in [6, 6.07) is 1.81. The van der Waals surface area contributed by atoms with E-state index in [1.165, 1.54) is 12.8 Å². The summed E-state index contributed by atoms with van der Waals surface area (Å²) in [7, 11) is 0. The van der Waals surface area contributed by atoms with Crippen LogP contribution in [0.25, 0.3) is 0 Å². The maximum Gasteiger partial charge on any atom is 0.309 e. The zero-order valence-electron chi connectivity index (χ0n) is 12.8. The summed E-state index contributed by atoms with van der Waals surface area (Å²) >= 11 is 0. The molecule has 0 N–H and O–H groups in total. The number of carbonyl (C=O) groups excluding carboxylic acids is 1. The lowest BCUT2D eigenvalue weighted by Gasteiger charge is -2.30. The van der Waals surface area contributed by atoms with Crippen molar-refractivity contribution in [2.45, 2.75) is 45.4 Å². The number of ether oxygens (including phenoxy) is 1. The number of hydrogen-bond donors (Lipinski definition) is 0. The van der Waals surface area contributed by atoms with Crippen molar-refractivity contribution in [3.8, 4) is 0 Å². The van der Waals surface area contributed by atoms with Crippen molar-refractivity contribution < 1.29 is 9.53 Å². The summed E-state index contributed by atoms with van der Waals surface area (Å²) in [5.74, 6) is 0.764. The van der Waals surface area contributed by atoms with Gasteiger partial charge in [-0.3, -0.25) is 4.79 Å². The molecule has 0 bridgehead atoms. The highest BCUT2D eigenvalue weighted by Gasteiger charge is 2.26. The Morgan fingerprint density at radius 3 is 2.62 bits per heavy atom. The number of esters is 1. The van der Waals surface area contributed by atoms with Crippen LogP contribution >= 0.6 is 0 Å². The minimum absolute atomic E-state index is 0.0277. The van der Waals surface area contributed by atoms with Crippen molar-refractivity contribution in [2.75, 3.05) is 24.6 Å². The first kappa shape index (κ1) is 15.7. The van der Waals surface area contributed by atoms with Crippen molar-refractivity contribution in [1.82, 2.24) is 9.97 Å². The molecule has 1 fully saturated rings. The molecule has 5 heteroatoms. The Labute approximate surface area is 126 Å². The fraction of sp³-hybridized carbons (Fsp3) is 0.688. The van der Waals surface area contributed by atoms with Crippen molar-refractivity contribution in [3.63, 3.8) is 0 Å². The van der Waals surface area contributed by atoms with Gasteiger partial charge >= 0.3 is 5.97 Å². The maximum absolute atomic E-state index is 12.0. The fourth-order valence-electron chi connectivity index (χ4n) is 2.59. The SMILES string of the molecule is CCCCCCOC(=O)C1CCN(c2ncccn2)CC1. The van der Waals surface area contributed by atoms with E-state index in [4.69, 9.17) is 4.74 Å². The van der Waals surface area contributed by atoms with E-state index in [9.17, 15) is 4.79 Å². The van der Waals surface area contributed by atoms with Gasteiger partial charge in [0, 0.05) is 25.5 Å². The molecule has 1 aliphatic heterocycles. The van der Waals surface area contributed by atoms with Gasteiger partial charge in [0.25, 0.3) is 0 Å². The van der Waals surface area contributed by atoms with Crippen molar-refractivity contribution >= 4 is 11.9 Å². The third kappa shape index (κ3) is 4.99. The molecule has 0 unspecified atom stereocenters. The highest BCUT2D eigenvalue weighted by Crippen LogP contribution is 2.21. The van der Waals surface area contributed by atoms with Crippen molar-refractivity contribution in [2.24, 2.45) is 5.92 Å². The van der Waals surface area contributed by atoms with Gasteiger partial charge in [0.2, 0.25) is 5.95 Å². The second kappa shape index (κ2) is 8.60. The summed E-state index contributed by atoms with van der Waals surface area (Å²) in [6.07, 6.45) is 9.70. The van der Waals surface area contributed by atoms with E-state index in [0.717, 1.165) is 44.7 Å². The Hall–Kier alpha value is -1.65. The third-order valence-electron chi connectivity index (χ3n) is 3.91. The van der Waals surface area contributed by atoms with Crippen LogP contribution in [0, 0.1) is 5.92 Å². The molecule has 0 amide bonds. The molecule has 0 aliphatic carbocycles. The van der Waals surface area contributed by atoms with Crippen LogP contribution in [-0.4, -0.2) is 35.6 Å². The van der Waals surface area contributed by atoms with E-state index >= 15 is 0 Å². The van der Waals surface area contributed by atoms with E-state index in [2.05, 4.69) is 21.8 Å². The van der Waals surface area contributed by atoms with E-state index in [1.807, 2.05) is 6.07 Å². The molecule has 0 spiro atoms. The molecule has 2 rings (SSSR count). The number of piperidine rings is 1. The lowest BCUT2D eigenvalue weighted by Crippen LogP contribution is -2.37. The van der Waals surface area contributed by atoms with Crippen LogP contribution in [0.4, 0.5) is 5.95 Å². The number of carbonyl (C=O) groups is 1. The van der Waals surface area contributed by atoms with E-state index in [-0.39, 0.29) is 11.9 Å². The lowest BCUT2D eigenvalue weighted by molar-refractivity contribution is -0.149. The van der Waals surface area contributed by atoms with Gasteiger partial charge in [-0.15, -0.1) is 0 Å². The summed E-state index contributed by atoms with van der Waals surface area (Å²) in [5, 5.41) is 0. The number of hydrogen-bond acceptors (Lipinski definition) is 5. The first-order chi connectivity index (χ1) is 10.3. The summed E-state index contributed by atoms with van der Waals surface area (Å²) in [4.78, 5) is 22.6. The summed E-state index contributed by atoms with van der Waals surface area (Å²) in [6.45, 7) is 4.39. The smallest absolute Gasteiger partial charge is 0.309 e. The monoisotopic (exact) mass is 291 g/mol. The van der Waals surface area contributed by atoms with Crippen LogP contribution in [0.3, 0.4) is 0 Å².